The Hall–Kier alpha value is 0.990. The molecule has 0 amide bonds. The molecule has 0 saturated carbocycles. The van der Waals surface area contributed by atoms with Crippen LogP contribution in [0.25, 0.3) is 0 Å². The Morgan fingerprint density at radius 1 is 0.708 bits per heavy atom. The highest BCUT2D eigenvalue weighted by Gasteiger charge is 2.34. The minimum atomic E-state index is -0.125. The molecule has 0 fully saturated rings. The van der Waals surface area contributed by atoms with Crippen LogP contribution in [0.15, 0.2) is 16.5 Å². The van der Waals surface area contributed by atoms with Crippen LogP contribution in [-0.4, -0.2) is 5.78 Å². The molecule has 1 nitrogen and oxygen atoms in total. The number of carbonyl (C=O) groups excluding carboxylic acids is 1. The van der Waals surface area contributed by atoms with E-state index < -0.39 is 0 Å². The summed E-state index contributed by atoms with van der Waals surface area (Å²) in [5.41, 5.74) is 1.87. The number of hydrogen-bond acceptors (Lipinski definition) is 3. The van der Waals surface area contributed by atoms with Crippen molar-refractivity contribution >= 4 is 92.2 Å². The monoisotopic (exact) mass is 618 g/mol. The molecule has 0 spiro atoms. The van der Waals surface area contributed by atoms with Gasteiger partial charge in [-0.05, 0) is 85.7 Å². The van der Waals surface area contributed by atoms with Gasteiger partial charge in [-0.25, -0.2) is 0 Å². The van der Waals surface area contributed by atoms with Crippen molar-refractivity contribution in [2.24, 2.45) is 0 Å². The Bertz CT molecular complexity index is 738. The molecule has 0 aromatic carbocycles. The quantitative estimate of drug-likeness (QED) is 0.307. The molecular weight excluding hydrogens is 604 g/mol. The normalized spacial score (nSPS) is 12.8. The van der Waals surface area contributed by atoms with Crippen LogP contribution in [-0.2, 0) is 10.8 Å². The van der Waals surface area contributed by atoms with Gasteiger partial charge >= 0.3 is 0 Å². The average molecular weight is 622 g/mol. The van der Waals surface area contributed by atoms with E-state index in [1.54, 1.807) is 0 Å². The van der Waals surface area contributed by atoms with Crippen LogP contribution in [0.2, 0.25) is 0 Å². The molecule has 2 aromatic heterocycles. The van der Waals surface area contributed by atoms with Crippen molar-refractivity contribution in [3.8, 4) is 0 Å². The molecule has 2 aromatic rings. The Labute approximate surface area is 185 Å². The first kappa shape index (κ1) is 21.3. The third-order valence-electron chi connectivity index (χ3n) is 3.53. The van der Waals surface area contributed by atoms with Gasteiger partial charge in [0.2, 0.25) is 5.78 Å². The molecule has 0 atom stereocenters. The molecule has 132 valence electrons. The third kappa shape index (κ3) is 3.96. The molecule has 2 heterocycles. The summed E-state index contributed by atoms with van der Waals surface area (Å²) >= 11 is 17.5. The van der Waals surface area contributed by atoms with Crippen molar-refractivity contribution in [1.29, 1.82) is 0 Å². The first-order valence-electron chi connectivity index (χ1n) is 7.28. The van der Waals surface area contributed by atoms with Crippen molar-refractivity contribution in [3.63, 3.8) is 0 Å². The molecule has 0 unspecified atom stereocenters. The maximum absolute atomic E-state index is 13.4. The minimum absolute atomic E-state index is 0.0950. The number of carbonyl (C=O) groups is 1. The summed E-state index contributed by atoms with van der Waals surface area (Å²) in [5, 5.41) is 0. The molecule has 0 aliphatic carbocycles. The predicted octanol–water partition coefficient (Wildman–Crippen LogP) is 8.69. The van der Waals surface area contributed by atoms with Gasteiger partial charge in [0, 0.05) is 8.95 Å². The molecule has 0 aliphatic rings. The maximum atomic E-state index is 13.4. The summed E-state index contributed by atoms with van der Waals surface area (Å²) in [6.45, 7) is 12.8. The fraction of sp³-hybridized carbons (Fsp3) is 0.471. The zero-order valence-electron chi connectivity index (χ0n) is 14.2. The molecule has 2 rings (SSSR count). The molecule has 0 aliphatic heterocycles. The SMILES string of the molecule is CC(C)(C)c1c(C(=O)c2sc(Br)c(Br)c2C(C)(C)C)sc(Br)c1Br. The van der Waals surface area contributed by atoms with E-state index in [-0.39, 0.29) is 16.6 Å². The Morgan fingerprint density at radius 3 is 1.25 bits per heavy atom. The Kier molecular flexibility index (Phi) is 6.38. The summed E-state index contributed by atoms with van der Waals surface area (Å²) in [7, 11) is 0. The van der Waals surface area contributed by atoms with E-state index in [2.05, 4.69) is 105 Å². The Morgan fingerprint density at radius 2 is 1.00 bits per heavy atom. The summed E-state index contributed by atoms with van der Waals surface area (Å²) in [4.78, 5) is 15.0. The van der Waals surface area contributed by atoms with Crippen LogP contribution in [0.1, 0.15) is 67.2 Å². The molecule has 0 N–H and O–H groups in total. The molecule has 0 bridgehead atoms. The smallest absolute Gasteiger partial charge is 0.213 e. The van der Waals surface area contributed by atoms with Gasteiger partial charge in [-0.1, -0.05) is 41.5 Å². The summed E-state index contributed by atoms with van der Waals surface area (Å²) in [6, 6.07) is 0. The van der Waals surface area contributed by atoms with E-state index in [0.29, 0.717) is 0 Å². The van der Waals surface area contributed by atoms with Crippen molar-refractivity contribution < 1.29 is 4.79 Å². The number of hydrogen-bond donors (Lipinski definition) is 0. The lowest BCUT2D eigenvalue weighted by molar-refractivity contribution is 0.104. The number of rotatable bonds is 2. The molecule has 0 saturated heterocycles. The van der Waals surface area contributed by atoms with Crippen molar-refractivity contribution in [2.75, 3.05) is 0 Å². The van der Waals surface area contributed by atoms with E-state index >= 15 is 0 Å². The van der Waals surface area contributed by atoms with Gasteiger partial charge in [-0.3, -0.25) is 4.79 Å². The molecule has 0 radical (unpaired) electrons. The van der Waals surface area contributed by atoms with Gasteiger partial charge in [0.15, 0.2) is 0 Å². The third-order valence-corrected chi connectivity index (χ3v) is 10.4. The summed E-state index contributed by atoms with van der Waals surface area (Å²) in [6.07, 6.45) is 0. The van der Waals surface area contributed by atoms with E-state index in [9.17, 15) is 4.79 Å². The fourth-order valence-electron chi connectivity index (χ4n) is 2.53. The molecule has 24 heavy (non-hydrogen) atoms. The lowest BCUT2D eigenvalue weighted by atomic mass is 9.84. The molecule has 7 heteroatoms. The highest BCUT2D eigenvalue weighted by atomic mass is 79.9. The van der Waals surface area contributed by atoms with Crippen LogP contribution in [0.5, 0.6) is 0 Å². The van der Waals surface area contributed by atoms with Crippen LogP contribution < -0.4 is 0 Å². The topological polar surface area (TPSA) is 17.1 Å². The zero-order valence-corrected chi connectivity index (χ0v) is 22.2. The van der Waals surface area contributed by atoms with Crippen LogP contribution in [0.3, 0.4) is 0 Å². The van der Waals surface area contributed by atoms with Gasteiger partial charge in [0.1, 0.15) is 0 Å². The van der Waals surface area contributed by atoms with Crippen LogP contribution in [0, 0.1) is 0 Å². The minimum Gasteiger partial charge on any atom is -0.287 e. The zero-order chi connectivity index (χ0) is 18.6. The van der Waals surface area contributed by atoms with Crippen molar-refractivity contribution in [2.45, 2.75) is 52.4 Å². The van der Waals surface area contributed by atoms with E-state index in [1.165, 1.54) is 22.7 Å². The maximum Gasteiger partial charge on any atom is 0.213 e. The first-order chi connectivity index (χ1) is 10.8. The van der Waals surface area contributed by atoms with E-state index in [4.69, 9.17) is 0 Å². The van der Waals surface area contributed by atoms with Gasteiger partial charge in [-0.15, -0.1) is 22.7 Å². The Balaban J connectivity index is 2.73. The van der Waals surface area contributed by atoms with E-state index in [0.717, 1.165) is 37.4 Å². The second-order valence-corrected chi connectivity index (χ2v) is 13.9. The second-order valence-electron chi connectivity index (χ2n) is 7.62. The summed E-state index contributed by atoms with van der Waals surface area (Å²) < 4.78 is 3.89. The largest absolute Gasteiger partial charge is 0.287 e. The highest BCUT2D eigenvalue weighted by molar-refractivity contribution is 9.14. The fourth-order valence-corrected chi connectivity index (χ4v) is 8.45. The highest BCUT2D eigenvalue weighted by Crippen LogP contribution is 2.48. The summed E-state index contributed by atoms with van der Waals surface area (Å²) in [5.74, 6) is 0.0950. The first-order valence-corrected chi connectivity index (χ1v) is 12.1. The van der Waals surface area contributed by atoms with Gasteiger partial charge in [-0.2, -0.15) is 0 Å². The average Bonchev–Trinajstić information content (AvgIpc) is 2.86. The standard InChI is InChI=1S/C17H18Br4OS2/c1-16(2,3)7-9(18)14(20)23-12(7)11(22)13-8(17(4,5)6)10(19)15(21)24-13/h1-6H3. The van der Waals surface area contributed by atoms with Crippen LogP contribution >= 0.6 is 86.4 Å². The number of thiophene rings is 2. The predicted molar refractivity (Wildman–Crippen MR) is 120 cm³/mol. The van der Waals surface area contributed by atoms with Crippen LogP contribution in [0.4, 0.5) is 0 Å². The molecular formula is C17H18Br4OS2. The lowest BCUT2D eigenvalue weighted by Crippen LogP contribution is -2.18. The van der Waals surface area contributed by atoms with Gasteiger partial charge in [0.25, 0.3) is 0 Å². The van der Waals surface area contributed by atoms with Gasteiger partial charge < -0.3 is 0 Å². The van der Waals surface area contributed by atoms with Crippen molar-refractivity contribution in [1.82, 2.24) is 0 Å². The van der Waals surface area contributed by atoms with Gasteiger partial charge in [0.05, 0.1) is 17.3 Å². The van der Waals surface area contributed by atoms with Crippen molar-refractivity contribution in [3.05, 3.63) is 37.4 Å². The lowest BCUT2D eigenvalue weighted by Gasteiger charge is -2.22. The number of halogens is 4. The number of ketones is 1. The second kappa shape index (κ2) is 7.19. The van der Waals surface area contributed by atoms with E-state index in [1.807, 2.05) is 0 Å².